The van der Waals surface area contributed by atoms with Crippen molar-refractivity contribution in [3.63, 3.8) is 0 Å². The zero-order valence-electron chi connectivity index (χ0n) is 17.1. The first-order valence-corrected chi connectivity index (χ1v) is 10.0. The van der Waals surface area contributed by atoms with Gasteiger partial charge in [0.1, 0.15) is 0 Å². The number of nitrogens with zero attached hydrogens (tertiary/aromatic N) is 3. The van der Waals surface area contributed by atoms with Crippen LogP contribution in [0.25, 0.3) is 0 Å². The normalized spacial score (nSPS) is 14.3. The molecule has 10 nitrogen and oxygen atoms in total. The molecular weight excluding hydrogens is 400 g/mol. The number of aromatic nitrogens is 3. The quantitative estimate of drug-likeness (QED) is 0.516. The Balaban J connectivity index is 1.42. The molecule has 31 heavy (non-hydrogen) atoms. The second-order valence-electron chi connectivity index (χ2n) is 7.15. The first-order valence-electron chi connectivity index (χ1n) is 10.0. The lowest BCUT2D eigenvalue weighted by Crippen LogP contribution is -2.17. The minimum atomic E-state index is 0.208. The summed E-state index contributed by atoms with van der Waals surface area (Å²) in [6.45, 7) is 4.60. The van der Waals surface area contributed by atoms with Crippen LogP contribution < -0.4 is 34.9 Å². The van der Waals surface area contributed by atoms with Gasteiger partial charge in [-0.05, 0) is 37.6 Å². The van der Waals surface area contributed by atoms with Crippen molar-refractivity contribution in [3.05, 3.63) is 36.4 Å². The van der Waals surface area contributed by atoms with E-state index in [1.807, 2.05) is 36.4 Å². The zero-order valence-corrected chi connectivity index (χ0v) is 17.1. The van der Waals surface area contributed by atoms with E-state index in [-0.39, 0.29) is 19.6 Å². The van der Waals surface area contributed by atoms with Crippen molar-refractivity contribution in [2.75, 3.05) is 29.5 Å². The van der Waals surface area contributed by atoms with Gasteiger partial charge in [-0.1, -0.05) is 6.92 Å². The van der Waals surface area contributed by atoms with Gasteiger partial charge in [-0.25, -0.2) is 0 Å². The Hall–Kier alpha value is -3.95. The number of ether oxygens (including phenoxy) is 4. The summed E-state index contributed by atoms with van der Waals surface area (Å²) in [5.41, 5.74) is 1.55. The highest BCUT2D eigenvalue weighted by Gasteiger charge is 2.16. The minimum Gasteiger partial charge on any atom is -0.454 e. The molecule has 1 unspecified atom stereocenters. The fraction of sp³-hybridized carbons (Fsp3) is 0.286. The third-order valence-electron chi connectivity index (χ3n) is 4.88. The molecule has 3 N–H and O–H groups in total. The van der Waals surface area contributed by atoms with E-state index >= 15 is 0 Å². The maximum Gasteiger partial charge on any atom is 0.233 e. The highest BCUT2D eigenvalue weighted by Crippen LogP contribution is 2.36. The molecule has 3 heterocycles. The molecule has 0 spiro atoms. The molecule has 2 aliphatic rings. The lowest BCUT2D eigenvalue weighted by atomic mass is 10.3. The second-order valence-corrected chi connectivity index (χ2v) is 7.15. The van der Waals surface area contributed by atoms with Crippen LogP contribution in [0.15, 0.2) is 36.4 Å². The van der Waals surface area contributed by atoms with Gasteiger partial charge in [0.15, 0.2) is 23.0 Å². The Labute approximate surface area is 178 Å². The molecule has 0 radical (unpaired) electrons. The molecular formula is C21H22N6O4. The Morgan fingerprint density at radius 2 is 1.23 bits per heavy atom. The van der Waals surface area contributed by atoms with Crippen LogP contribution in [0.5, 0.6) is 23.0 Å². The molecule has 5 rings (SSSR count). The third kappa shape index (κ3) is 4.18. The average Bonchev–Trinajstić information content (AvgIpc) is 3.42. The topological polar surface area (TPSA) is 112 Å². The lowest BCUT2D eigenvalue weighted by molar-refractivity contribution is 0.173. The number of fused-ring (bicyclic) bond motifs is 2. The largest absolute Gasteiger partial charge is 0.454 e. The molecule has 0 fully saturated rings. The smallest absolute Gasteiger partial charge is 0.233 e. The van der Waals surface area contributed by atoms with Crippen LogP contribution in [-0.4, -0.2) is 34.6 Å². The van der Waals surface area contributed by atoms with Crippen molar-refractivity contribution in [2.45, 2.75) is 26.3 Å². The Bertz CT molecular complexity index is 1030. The number of anilines is 5. The van der Waals surface area contributed by atoms with Gasteiger partial charge < -0.3 is 34.9 Å². The first-order chi connectivity index (χ1) is 15.2. The van der Waals surface area contributed by atoms with Crippen LogP contribution >= 0.6 is 0 Å². The number of hydrogen-bond donors (Lipinski definition) is 3. The van der Waals surface area contributed by atoms with Crippen LogP contribution in [-0.2, 0) is 0 Å². The molecule has 1 atom stereocenters. The predicted molar refractivity (Wildman–Crippen MR) is 115 cm³/mol. The molecule has 0 bridgehead atoms. The van der Waals surface area contributed by atoms with E-state index in [1.54, 1.807) is 0 Å². The molecule has 0 amide bonds. The number of hydrogen-bond acceptors (Lipinski definition) is 10. The van der Waals surface area contributed by atoms with Gasteiger partial charge in [-0.3, -0.25) is 0 Å². The Morgan fingerprint density at radius 1 is 0.742 bits per heavy atom. The monoisotopic (exact) mass is 422 g/mol. The van der Waals surface area contributed by atoms with Gasteiger partial charge in [0.2, 0.25) is 31.4 Å². The van der Waals surface area contributed by atoms with Crippen molar-refractivity contribution in [1.82, 2.24) is 15.0 Å². The summed E-state index contributed by atoms with van der Waals surface area (Å²) < 4.78 is 21.6. The molecule has 10 heteroatoms. The fourth-order valence-corrected chi connectivity index (χ4v) is 3.08. The minimum absolute atomic E-state index is 0.208. The molecule has 2 aliphatic heterocycles. The SMILES string of the molecule is CCC(C)Nc1nc(Nc2ccc3c(c2)OCO3)nc(Nc2ccc3c(c2)OCO3)n1. The van der Waals surface area contributed by atoms with Crippen molar-refractivity contribution in [2.24, 2.45) is 0 Å². The van der Waals surface area contributed by atoms with E-state index in [4.69, 9.17) is 18.9 Å². The molecule has 0 saturated carbocycles. The average molecular weight is 422 g/mol. The third-order valence-corrected chi connectivity index (χ3v) is 4.88. The van der Waals surface area contributed by atoms with Gasteiger partial charge in [0.05, 0.1) is 0 Å². The summed E-state index contributed by atoms with van der Waals surface area (Å²) in [4.78, 5) is 13.5. The summed E-state index contributed by atoms with van der Waals surface area (Å²) in [5.74, 6) is 4.03. The van der Waals surface area contributed by atoms with Gasteiger partial charge in [-0.15, -0.1) is 0 Å². The van der Waals surface area contributed by atoms with Crippen LogP contribution in [0.2, 0.25) is 0 Å². The summed E-state index contributed by atoms with van der Waals surface area (Å²) in [6, 6.07) is 11.3. The summed E-state index contributed by atoms with van der Waals surface area (Å²) >= 11 is 0. The van der Waals surface area contributed by atoms with E-state index in [1.165, 1.54) is 0 Å². The standard InChI is InChI=1S/C21H22N6O4/c1-3-12(2)22-19-25-20(23-13-4-6-15-17(8-13)30-10-28-15)27-21(26-19)24-14-5-7-16-18(9-14)31-11-29-16/h4-9,12H,3,10-11H2,1-2H3,(H3,22,23,24,25,26,27). The molecule has 1 aromatic heterocycles. The number of rotatable bonds is 7. The Kier molecular flexibility index (Phi) is 4.95. The number of benzene rings is 2. The highest BCUT2D eigenvalue weighted by atomic mass is 16.7. The van der Waals surface area contributed by atoms with Crippen molar-refractivity contribution in [3.8, 4) is 23.0 Å². The summed E-state index contributed by atoms with van der Waals surface area (Å²) in [6.07, 6.45) is 0.932. The maximum atomic E-state index is 5.44. The first kappa shape index (κ1) is 19.0. The van der Waals surface area contributed by atoms with Crippen molar-refractivity contribution >= 4 is 29.2 Å². The van der Waals surface area contributed by atoms with Crippen LogP contribution in [0.4, 0.5) is 29.2 Å². The molecule has 0 aliphatic carbocycles. The van der Waals surface area contributed by atoms with E-state index < -0.39 is 0 Å². The van der Waals surface area contributed by atoms with E-state index in [2.05, 4.69) is 44.7 Å². The lowest BCUT2D eigenvalue weighted by Gasteiger charge is -2.14. The second kappa shape index (κ2) is 8.05. The molecule has 160 valence electrons. The van der Waals surface area contributed by atoms with Crippen molar-refractivity contribution in [1.29, 1.82) is 0 Å². The Morgan fingerprint density at radius 3 is 1.74 bits per heavy atom. The van der Waals surface area contributed by atoms with Gasteiger partial charge in [-0.2, -0.15) is 15.0 Å². The van der Waals surface area contributed by atoms with Gasteiger partial charge in [0.25, 0.3) is 0 Å². The van der Waals surface area contributed by atoms with Gasteiger partial charge in [0, 0.05) is 29.5 Å². The fourth-order valence-electron chi connectivity index (χ4n) is 3.08. The van der Waals surface area contributed by atoms with Crippen LogP contribution in [0.3, 0.4) is 0 Å². The highest BCUT2D eigenvalue weighted by molar-refractivity contribution is 5.64. The number of nitrogens with one attached hydrogen (secondary N) is 3. The summed E-state index contributed by atoms with van der Waals surface area (Å²) in [5, 5.41) is 9.72. The van der Waals surface area contributed by atoms with Gasteiger partial charge >= 0.3 is 0 Å². The van der Waals surface area contributed by atoms with E-state index in [9.17, 15) is 0 Å². The molecule has 3 aromatic rings. The maximum absolute atomic E-state index is 5.44. The van der Waals surface area contributed by atoms with E-state index in [0.29, 0.717) is 40.8 Å². The van der Waals surface area contributed by atoms with Crippen molar-refractivity contribution < 1.29 is 18.9 Å². The molecule has 0 saturated heterocycles. The molecule has 2 aromatic carbocycles. The van der Waals surface area contributed by atoms with E-state index in [0.717, 1.165) is 17.8 Å². The predicted octanol–water partition coefficient (Wildman–Crippen LogP) is 4.03. The van der Waals surface area contributed by atoms with Crippen LogP contribution in [0, 0.1) is 0 Å². The van der Waals surface area contributed by atoms with Crippen LogP contribution in [0.1, 0.15) is 20.3 Å². The summed E-state index contributed by atoms with van der Waals surface area (Å²) in [7, 11) is 0. The zero-order chi connectivity index (χ0) is 21.2.